The SMILES string of the molecule is CC(C)C(C(=O)O)N(C)C(=O)N1CCN(C(=O)C2C[N-]2)CC1.[Pd]. The summed E-state index contributed by atoms with van der Waals surface area (Å²) in [6.07, 6.45) is 0. The van der Waals surface area contributed by atoms with E-state index in [-0.39, 0.29) is 44.3 Å². The van der Waals surface area contributed by atoms with Crippen LogP contribution in [0.1, 0.15) is 13.8 Å². The van der Waals surface area contributed by atoms with Crippen LogP contribution in [0.25, 0.3) is 5.32 Å². The number of aliphatic carboxylic acids is 1. The zero-order valence-corrected chi connectivity index (χ0v) is 15.1. The van der Waals surface area contributed by atoms with Crippen LogP contribution >= 0.6 is 0 Å². The summed E-state index contributed by atoms with van der Waals surface area (Å²) >= 11 is 0. The summed E-state index contributed by atoms with van der Waals surface area (Å²) in [7, 11) is 1.52. The van der Waals surface area contributed by atoms with Crippen molar-refractivity contribution in [2.24, 2.45) is 5.92 Å². The van der Waals surface area contributed by atoms with E-state index < -0.39 is 12.0 Å². The van der Waals surface area contributed by atoms with E-state index >= 15 is 0 Å². The minimum absolute atomic E-state index is 0. The predicted molar refractivity (Wildman–Crippen MR) is 79.6 cm³/mol. The number of urea groups is 1. The van der Waals surface area contributed by atoms with Crippen LogP contribution in [0.15, 0.2) is 0 Å². The number of amides is 3. The largest absolute Gasteiger partial charge is 0.654 e. The van der Waals surface area contributed by atoms with Crippen molar-refractivity contribution in [3.63, 3.8) is 0 Å². The number of likely N-dealkylation sites (N-methyl/N-ethyl adjacent to an activating group) is 1. The quantitative estimate of drug-likeness (QED) is 0.516. The topological polar surface area (TPSA) is 95.3 Å². The molecule has 2 rings (SSSR count). The van der Waals surface area contributed by atoms with Gasteiger partial charge in [-0.2, -0.15) is 6.54 Å². The zero-order chi connectivity index (χ0) is 16.4. The van der Waals surface area contributed by atoms with E-state index in [4.69, 9.17) is 0 Å². The molecule has 2 fully saturated rings. The van der Waals surface area contributed by atoms with Gasteiger partial charge in [0.15, 0.2) is 0 Å². The van der Waals surface area contributed by atoms with Crippen molar-refractivity contribution in [2.45, 2.75) is 25.9 Å². The second kappa shape index (κ2) is 8.09. The maximum atomic E-state index is 12.4. The third-order valence-electron chi connectivity index (χ3n) is 4.12. The summed E-state index contributed by atoms with van der Waals surface area (Å²) in [6, 6.07) is -1.33. The fourth-order valence-electron chi connectivity index (χ4n) is 2.78. The summed E-state index contributed by atoms with van der Waals surface area (Å²) < 4.78 is 0. The van der Waals surface area contributed by atoms with Crippen molar-refractivity contribution in [1.29, 1.82) is 0 Å². The molecule has 0 bridgehead atoms. The smallest absolute Gasteiger partial charge is 0.326 e. The first-order chi connectivity index (χ1) is 10.3. The van der Waals surface area contributed by atoms with Crippen molar-refractivity contribution >= 4 is 17.9 Å². The maximum absolute atomic E-state index is 12.4. The van der Waals surface area contributed by atoms with E-state index in [1.807, 2.05) is 0 Å². The molecule has 23 heavy (non-hydrogen) atoms. The number of carbonyl (C=O) groups excluding carboxylic acids is 2. The third kappa shape index (κ3) is 4.66. The molecular formula is C14H23N4O4Pd-. The average Bonchev–Trinajstić information content (AvgIpc) is 3.29. The second-order valence-corrected chi connectivity index (χ2v) is 6.11. The fourth-order valence-corrected chi connectivity index (χ4v) is 2.78. The van der Waals surface area contributed by atoms with E-state index in [1.165, 1.54) is 11.9 Å². The summed E-state index contributed by atoms with van der Waals surface area (Å²) in [5, 5.41) is 13.2. The Labute approximate surface area is 149 Å². The van der Waals surface area contributed by atoms with Gasteiger partial charge in [-0.1, -0.05) is 19.9 Å². The first kappa shape index (κ1) is 19.9. The van der Waals surface area contributed by atoms with Gasteiger partial charge in [0.05, 0.1) is 0 Å². The molecule has 2 aliphatic heterocycles. The summed E-state index contributed by atoms with van der Waals surface area (Å²) in [5.74, 6) is -1.15. The Morgan fingerprint density at radius 1 is 1.13 bits per heavy atom. The van der Waals surface area contributed by atoms with Gasteiger partial charge in [-0.15, -0.1) is 0 Å². The molecule has 2 saturated heterocycles. The van der Waals surface area contributed by atoms with Gasteiger partial charge in [-0.25, -0.2) is 9.59 Å². The van der Waals surface area contributed by atoms with Gasteiger partial charge < -0.3 is 25.1 Å². The fraction of sp³-hybridized carbons (Fsp3) is 0.786. The molecule has 2 unspecified atom stereocenters. The van der Waals surface area contributed by atoms with Crippen LogP contribution in [0.2, 0.25) is 0 Å². The van der Waals surface area contributed by atoms with Gasteiger partial charge in [0.2, 0.25) is 5.91 Å². The maximum Gasteiger partial charge on any atom is 0.326 e. The number of carboxylic acid groups (broad SMARTS) is 1. The van der Waals surface area contributed by atoms with Crippen LogP contribution in [0.3, 0.4) is 0 Å². The van der Waals surface area contributed by atoms with E-state index in [9.17, 15) is 19.5 Å². The van der Waals surface area contributed by atoms with Crippen molar-refractivity contribution in [3.05, 3.63) is 5.32 Å². The molecule has 2 heterocycles. The molecule has 0 aromatic rings. The number of hydrogen-bond acceptors (Lipinski definition) is 3. The number of piperazine rings is 1. The minimum Gasteiger partial charge on any atom is -0.654 e. The zero-order valence-electron chi connectivity index (χ0n) is 13.5. The molecule has 2 atom stereocenters. The molecule has 134 valence electrons. The van der Waals surface area contributed by atoms with Gasteiger partial charge in [0, 0.05) is 53.6 Å². The van der Waals surface area contributed by atoms with Crippen molar-refractivity contribution in [2.75, 3.05) is 39.8 Å². The Morgan fingerprint density at radius 3 is 2.00 bits per heavy atom. The predicted octanol–water partition coefficient (Wildman–Crippen LogP) is 0.0450. The van der Waals surface area contributed by atoms with E-state index in [1.54, 1.807) is 23.6 Å². The minimum atomic E-state index is -1.00. The molecule has 1 N–H and O–H groups in total. The Hall–Kier alpha value is -1.17. The monoisotopic (exact) mass is 417 g/mol. The first-order valence-electron chi connectivity index (χ1n) is 7.53. The molecule has 9 heteroatoms. The Kier molecular flexibility index (Phi) is 6.99. The van der Waals surface area contributed by atoms with Gasteiger partial charge in [0.25, 0.3) is 0 Å². The van der Waals surface area contributed by atoms with Crippen molar-refractivity contribution in [3.8, 4) is 0 Å². The number of carbonyl (C=O) groups is 3. The average molecular weight is 418 g/mol. The summed E-state index contributed by atoms with van der Waals surface area (Å²) in [4.78, 5) is 40.3. The van der Waals surface area contributed by atoms with Crippen molar-refractivity contribution < 1.29 is 39.9 Å². The molecule has 0 aromatic carbocycles. The normalized spacial score (nSPS) is 21.5. The van der Waals surface area contributed by atoms with Gasteiger partial charge in [-0.3, -0.25) is 4.79 Å². The van der Waals surface area contributed by atoms with Gasteiger partial charge >= 0.3 is 12.0 Å². The molecule has 8 nitrogen and oxygen atoms in total. The number of hydrogen-bond donors (Lipinski definition) is 1. The molecule has 0 spiro atoms. The van der Waals surface area contributed by atoms with Crippen LogP contribution in [-0.4, -0.2) is 89.6 Å². The molecule has 0 radical (unpaired) electrons. The number of nitrogens with zero attached hydrogens (tertiary/aromatic N) is 4. The van der Waals surface area contributed by atoms with Crippen LogP contribution < -0.4 is 0 Å². The standard InChI is InChI=1S/C14H23N4O4.Pd/c1-9(2)11(13(20)21)16(3)14(22)18-6-4-17(5-7-18)12(19)10-8-15-10;/h9-11H,4-8H2,1-3H3,(H,20,21);/q-1;. The molecular weight excluding hydrogens is 395 g/mol. The number of carboxylic acids is 1. The third-order valence-corrected chi connectivity index (χ3v) is 4.12. The molecule has 0 aliphatic carbocycles. The van der Waals surface area contributed by atoms with Crippen molar-refractivity contribution in [1.82, 2.24) is 14.7 Å². The van der Waals surface area contributed by atoms with Crippen LogP contribution in [0.5, 0.6) is 0 Å². The van der Waals surface area contributed by atoms with Crippen LogP contribution in [-0.2, 0) is 30.0 Å². The summed E-state index contributed by atoms with van der Waals surface area (Å²) in [6.45, 7) is 5.96. The summed E-state index contributed by atoms with van der Waals surface area (Å²) in [5.41, 5.74) is 0. The van der Waals surface area contributed by atoms with Crippen LogP contribution in [0.4, 0.5) is 4.79 Å². The molecule has 3 amide bonds. The number of rotatable bonds is 4. The van der Waals surface area contributed by atoms with Gasteiger partial charge in [0.1, 0.15) is 6.04 Å². The first-order valence-corrected chi connectivity index (χ1v) is 7.53. The Bertz CT molecular complexity index is 462. The van der Waals surface area contributed by atoms with E-state index in [2.05, 4.69) is 5.32 Å². The second-order valence-electron chi connectivity index (χ2n) is 6.11. The van der Waals surface area contributed by atoms with Gasteiger partial charge in [-0.05, 0) is 5.92 Å². The Morgan fingerprint density at radius 2 is 1.61 bits per heavy atom. The van der Waals surface area contributed by atoms with E-state index in [0.717, 1.165) is 0 Å². The molecule has 0 saturated carbocycles. The van der Waals surface area contributed by atoms with E-state index in [0.29, 0.717) is 32.7 Å². The molecule has 2 aliphatic rings. The van der Waals surface area contributed by atoms with Crippen LogP contribution in [0, 0.1) is 5.92 Å². The Balaban J connectivity index is 0.00000264. The molecule has 0 aromatic heterocycles.